The van der Waals surface area contributed by atoms with Gasteiger partial charge in [0.15, 0.2) is 0 Å². The van der Waals surface area contributed by atoms with Crippen LogP contribution < -0.4 is 10.6 Å². The summed E-state index contributed by atoms with van der Waals surface area (Å²) < 4.78 is 0. The molecule has 0 saturated carbocycles. The molecule has 1 heterocycles. The lowest BCUT2D eigenvalue weighted by molar-refractivity contribution is -0.142. The average molecular weight is 255 g/mol. The van der Waals surface area contributed by atoms with Gasteiger partial charge < -0.3 is 15.7 Å². The van der Waals surface area contributed by atoms with Crippen LogP contribution in [0.5, 0.6) is 0 Å². The summed E-state index contributed by atoms with van der Waals surface area (Å²) in [6, 6.07) is -0.432. The number of urea groups is 1. The topological polar surface area (TPSA) is 120 Å². The van der Waals surface area contributed by atoms with Gasteiger partial charge in [-0.3, -0.25) is 9.89 Å². The Morgan fingerprint density at radius 3 is 2.67 bits per heavy atom. The van der Waals surface area contributed by atoms with Crippen molar-refractivity contribution in [3.63, 3.8) is 0 Å². The number of aliphatic carboxylic acids is 1. The highest BCUT2D eigenvalue weighted by atomic mass is 16.4. The van der Waals surface area contributed by atoms with E-state index in [-0.39, 0.29) is 19.0 Å². The number of nitrogens with one attached hydrogen (secondary N) is 3. The number of amides is 2. The zero-order valence-corrected chi connectivity index (χ0v) is 10.3. The highest BCUT2D eigenvalue weighted by Crippen LogP contribution is 2.09. The molecule has 0 aliphatic carbocycles. The Balaban J connectivity index is 2.29. The molecule has 2 amide bonds. The zero-order chi connectivity index (χ0) is 13.5. The number of nitrogens with zero attached hydrogens (tertiary/aromatic N) is 2. The van der Waals surface area contributed by atoms with Crippen LogP contribution in [0.4, 0.5) is 4.79 Å². The van der Waals surface area contributed by atoms with Crippen molar-refractivity contribution in [1.82, 2.24) is 25.8 Å². The van der Waals surface area contributed by atoms with E-state index in [1.807, 2.05) is 0 Å². The second kappa shape index (κ2) is 6.58. The van der Waals surface area contributed by atoms with Crippen molar-refractivity contribution in [2.75, 3.05) is 6.54 Å². The lowest BCUT2D eigenvalue weighted by Crippen LogP contribution is -2.41. The molecule has 1 unspecified atom stereocenters. The Labute approximate surface area is 104 Å². The summed E-state index contributed by atoms with van der Waals surface area (Å²) in [5.41, 5.74) is 0. The van der Waals surface area contributed by atoms with Crippen molar-refractivity contribution in [1.29, 1.82) is 0 Å². The van der Waals surface area contributed by atoms with E-state index < -0.39 is 17.9 Å². The van der Waals surface area contributed by atoms with Crippen molar-refractivity contribution in [2.45, 2.75) is 20.4 Å². The van der Waals surface area contributed by atoms with Gasteiger partial charge in [-0.15, -0.1) is 0 Å². The molecule has 1 rings (SSSR count). The number of carbonyl (C=O) groups excluding carboxylic acids is 1. The van der Waals surface area contributed by atoms with E-state index >= 15 is 0 Å². The highest BCUT2D eigenvalue weighted by molar-refractivity contribution is 5.75. The number of carboxylic acid groups (broad SMARTS) is 1. The van der Waals surface area contributed by atoms with Gasteiger partial charge in [-0.2, -0.15) is 5.10 Å². The predicted octanol–water partition coefficient (Wildman–Crippen LogP) is -0.0393. The molecule has 0 saturated heterocycles. The molecule has 0 fully saturated rings. The first-order chi connectivity index (χ1) is 8.50. The molecule has 1 aromatic heterocycles. The molecule has 100 valence electrons. The first-order valence-corrected chi connectivity index (χ1v) is 5.59. The van der Waals surface area contributed by atoms with Gasteiger partial charge in [0.1, 0.15) is 12.2 Å². The smallest absolute Gasteiger partial charge is 0.315 e. The minimum Gasteiger partial charge on any atom is -0.481 e. The van der Waals surface area contributed by atoms with Crippen molar-refractivity contribution >= 4 is 12.0 Å². The van der Waals surface area contributed by atoms with Gasteiger partial charge >= 0.3 is 12.0 Å². The molecule has 8 heteroatoms. The van der Waals surface area contributed by atoms with Crippen LogP contribution in [0.15, 0.2) is 6.33 Å². The van der Waals surface area contributed by atoms with Gasteiger partial charge in [-0.05, 0) is 5.92 Å². The Kier molecular flexibility index (Phi) is 5.09. The summed E-state index contributed by atoms with van der Waals surface area (Å²) in [6.07, 6.45) is 1.34. The number of H-pyrrole nitrogens is 1. The summed E-state index contributed by atoms with van der Waals surface area (Å²) in [6.45, 7) is 3.90. The number of rotatable bonds is 6. The average Bonchev–Trinajstić information content (AvgIpc) is 2.78. The first kappa shape index (κ1) is 13.9. The molecule has 0 aliphatic rings. The van der Waals surface area contributed by atoms with Gasteiger partial charge in [-0.25, -0.2) is 9.78 Å². The first-order valence-electron chi connectivity index (χ1n) is 5.59. The van der Waals surface area contributed by atoms with Crippen LogP contribution in [-0.2, 0) is 11.3 Å². The van der Waals surface area contributed by atoms with Gasteiger partial charge in [0, 0.05) is 6.54 Å². The Hall–Kier alpha value is -2.12. The van der Waals surface area contributed by atoms with E-state index in [0.717, 1.165) is 0 Å². The van der Waals surface area contributed by atoms with Gasteiger partial charge in [-0.1, -0.05) is 13.8 Å². The lowest BCUT2D eigenvalue weighted by atomic mass is 9.96. The SMILES string of the molecule is CC(C)C(CNC(=O)NCc1ncn[nH]1)C(=O)O. The molecule has 1 atom stereocenters. The maximum atomic E-state index is 11.4. The fraction of sp³-hybridized carbons (Fsp3) is 0.600. The van der Waals surface area contributed by atoms with E-state index in [9.17, 15) is 9.59 Å². The van der Waals surface area contributed by atoms with E-state index in [0.29, 0.717) is 5.82 Å². The Morgan fingerprint density at radius 2 is 2.17 bits per heavy atom. The third-order valence-corrected chi connectivity index (χ3v) is 2.49. The maximum absolute atomic E-state index is 11.4. The summed E-state index contributed by atoms with van der Waals surface area (Å²) in [5, 5.41) is 20.2. The van der Waals surface area contributed by atoms with E-state index in [1.54, 1.807) is 13.8 Å². The summed E-state index contributed by atoms with van der Waals surface area (Å²) in [7, 11) is 0. The van der Waals surface area contributed by atoms with E-state index in [4.69, 9.17) is 5.11 Å². The largest absolute Gasteiger partial charge is 0.481 e. The Morgan fingerprint density at radius 1 is 1.44 bits per heavy atom. The second-order valence-electron chi connectivity index (χ2n) is 4.18. The molecule has 0 bridgehead atoms. The molecular formula is C10H17N5O3. The monoisotopic (exact) mass is 255 g/mol. The fourth-order valence-electron chi connectivity index (χ4n) is 1.35. The van der Waals surface area contributed by atoms with Gasteiger partial charge in [0.05, 0.1) is 12.5 Å². The van der Waals surface area contributed by atoms with Crippen molar-refractivity contribution < 1.29 is 14.7 Å². The van der Waals surface area contributed by atoms with Crippen LogP contribution in [0, 0.1) is 11.8 Å². The molecule has 4 N–H and O–H groups in total. The van der Waals surface area contributed by atoms with Gasteiger partial charge in [0.2, 0.25) is 0 Å². The van der Waals surface area contributed by atoms with Crippen LogP contribution in [0.3, 0.4) is 0 Å². The van der Waals surface area contributed by atoms with Crippen LogP contribution >= 0.6 is 0 Å². The van der Waals surface area contributed by atoms with E-state index in [2.05, 4.69) is 25.8 Å². The van der Waals surface area contributed by atoms with Gasteiger partial charge in [0.25, 0.3) is 0 Å². The molecule has 8 nitrogen and oxygen atoms in total. The highest BCUT2D eigenvalue weighted by Gasteiger charge is 2.21. The van der Waals surface area contributed by atoms with Crippen molar-refractivity contribution in [2.24, 2.45) is 11.8 Å². The molecule has 0 aromatic carbocycles. The minimum absolute atomic E-state index is 0.0444. The second-order valence-corrected chi connectivity index (χ2v) is 4.18. The number of hydrogen-bond donors (Lipinski definition) is 4. The number of carbonyl (C=O) groups is 2. The predicted molar refractivity (Wildman–Crippen MR) is 62.6 cm³/mol. The van der Waals surface area contributed by atoms with Crippen molar-refractivity contribution in [3.8, 4) is 0 Å². The van der Waals surface area contributed by atoms with Crippen LogP contribution in [-0.4, -0.2) is 38.8 Å². The zero-order valence-electron chi connectivity index (χ0n) is 10.3. The molecule has 0 spiro atoms. The summed E-state index contributed by atoms with van der Waals surface area (Å²) in [4.78, 5) is 26.2. The fourth-order valence-corrected chi connectivity index (χ4v) is 1.35. The van der Waals surface area contributed by atoms with Crippen LogP contribution in [0.1, 0.15) is 19.7 Å². The lowest BCUT2D eigenvalue weighted by Gasteiger charge is -2.16. The minimum atomic E-state index is -0.916. The van der Waals surface area contributed by atoms with Crippen LogP contribution in [0.2, 0.25) is 0 Å². The quantitative estimate of drug-likeness (QED) is 0.568. The standard InChI is InChI=1S/C10H17N5O3/c1-6(2)7(9(16)17)3-11-10(18)12-4-8-13-5-14-15-8/h5-7H,3-4H2,1-2H3,(H,16,17)(H2,11,12,18)(H,13,14,15). The number of aromatic nitrogens is 3. The normalized spacial score (nSPS) is 12.2. The molecule has 18 heavy (non-hydrogen) atoms. The maximum Gasteiger partial charge on any atom is 0.315 e. The molecular weight excluding hydrogens is 238 g/mol. The molecule has 0 radical (unpaired) electrons. The molecule has 1 aromatic rings. The van der Waals surface area contributed by atoms with Crippen LogP contribution in [0.25, 0.3) is 0 Å². The Bertz CT molecular complexity index is 390. The molecule has 0 aliphatic heterocycles. The number of hydrogen-bond acceptors (Lipinski definition) is 4. The number of carboxylic acids is 1. The number of aromatic amines is 1. The van der Waals surface area contributed by atoms with E-state index in [1.165, 1.54) is 6.33 Å². The third-order valence-electron chi connectivity index (χ3n) is 2.49. The summed E-state index contributed by atoms with van der Waals surface area (Å²) in [5.74, 6) is -1.03. The van der Waals surface area contributed by atoms with Crippen molar-refractivity contribution in [3.05, 3.63) is 12.2 Å². The summed E-state index contributed by atoms with van der Waals surface area (Å²) >= 11 is 0. The third kappa shape index (κ3) is 4.40.